The molecule has 1 saturated heterocycles. The predicted molar refractivity (Wildman–Crippen MR) is 79.0 cm³/mol. The molecule has 0 bridgehead atoms. The van der Waals surface area contributed by atoms with Gasteiger partial charge in [0, 0.05) is 18.6 Å². The van der Waals surface area contributed by atoms with Crippen LogP contribution in [0.3, 0.4) is 0 Å². The number of aliphatic hydroxyl groups is 1. The number of hydrogen-bond donors (Lipinski definition) is 1. The summed E-state index contributed by atoms with van der Waals surface area (Å²) in [6.45, 7) is 11.8. The summed E-state index contributed by atoms with van der Waals surface area (Å²) in [6.07, 6.45) is 2.59. The SMILES string of the molecule is CC(C)(C)N1CCC(OCCOCCOCCO)CC1. The quantitative estimate of drug-likeness (QED) is 0.648. The Morgan fingerprint density at radius 1 is 0.950 bits per heavy atom. The summed E-state index contributed by atoms with van der Waals surface area (Å²) in [5.41, 5.74) is 0.267. The summed E-state index contributed by atoms with van der Waals surface area (Å²) < 4.78 is 16.3. The third kappa shape index (κ3) is 7.55. The standard InChI is InChI=1S/C15H31NO4/c1-15(2,3)16-6-4-14(5-7-16)20-13-12-19-11-10-18-9-8-17/h14,17H,4-13H2,1-3H3. The van der Waals surface area contributed by atoms with E-state index in [0.29, 0.717) is 39.1 Å². The molecule has 0 saturated carbocycles. The Kier molecular flexibility index (Phi) is 8.64. The van der Waals surface area contributed by atoms with E-state index in [1.165, 1.54) is 0 Å². The van der Waals surface area contributed by atoms with Crippen molar-refractivity contribution >= 4 is 0 Å². The van der Waals surface area contributed by atoms with Crippen molar-refractivity contribution < 1.29 is 19.3 Å². The summed E-state index contributed by atoms with van der Waals surface area (Å²) in [6, 6.07) is 0. The highest BCUT2D eigenvalue weighted by atomic mass is 16.5. The maximum atomic E-state index is 8.53. The number of piperidine rings is 1. The predicted octanol–water partition coefficient (Wildman–Crippen LogP) is 1.29. The van der Waals surface area contributed by atoms with Gasteiger partial charge in [0.15, 0.2) is 0 Å². The van der Waals surface area contributed by atoms with Crippen LogP contribution in [0.25, 0.3) is 0 Å². The Bertz CT molecular complexity index is 235. The maximum Gasteiger partial charge on any atom is 0.0704 e. The van der Waals surface area contributed by atoms with E-state index in [-0.39, 0.29) is 12.1 Å². The molecule has 1 fully saturated rings. The van der Waals surface area contributed by atoms with Crippen LogP contribution in [0.5, 0.6) is 0 Å². The van der Waals surface area contributed by atoms with Crippen molar-refractivity contribution in [3.05, 3.63) is 0 Å². The van der Waals surface area contributed by atoms with Crippen molar-refractivity contribution in [2.75, 3.05) is 52.7 Å². The van der Waals surface area contributed by atoms with Crippen molar-refractivity contribution in [2.45, 2.75) is 45.3 Å². The van der Waals surface area contributed by atoms with E-state index >= 15 is 0 Å². The fraction of sp³-hybridized carbons (Fsp3) is 1.00. The molecule has 1 N–H and O–H groups in total. The zero-order valence-electron chi connectivity index (χ0n) is 13.3. The van der Waals surface area contributed by atoms with Gasteiger partial charge in [-0.15, -0.1) is 0 Å². The number of hydrogen-bond acceptors (Lipinski definition) is 5. The van der Waals surface area contributed by atoms with Gasteiger partial charge in [-0.3, -0.25) is 4.90 Å². The molecule has 20 heavy (non-hydrogen) atoms. The molecule has 0 unspecified atom stereocenters. The van der Waals surface area contributed by atoms with E-state index in [1.54, 1.807) is 0 Å². The topological polar surface area (TPSA) is 51.2 Å². The van der Waals surface area contributed by atoms with Crippen LogP contribution in [0, 0.1) is 0 Å². The van der Waals surface area contributed by atoms with Crippen molar-refractivity contribution in [1.82, 2.24) is 4.90 Å². The zero-order valence-corrected chi connectivity index (χ0v) is 13.3. The number of likely N-dealkylation sites (tertiary alicyclic amines) is 1. The van der Waals surface area contributed by atoms with Crippen LogP contribution >= 0.6 is 0 Å². The fourth-order valence-corrected chi connectivity index (χ4v) is 2.35. The second kappa shape index (κ2) is 9.68. The van der Waals surface area contributed by atoms with Crippen LogP contribution in [0.15, 0.2) is 0 Å². The molecular weight excluding hydrogens is 258 g/mol. The minimum Gasteiger partial charge on any atom is -0.394 e. The van der Waals surface area contributed by atoms with Gasteiger partial charge in [-0.05, 0) is 33.6 Å². The molecule has 5 nitrogen and oxygen atoms in total. The molecule has 5 heteroatoms. The van der Waals surface area contributed by atoms with E-state index < -0.39 is 0 Å². The lowest BCUT2D eigenvalue weighted by molar-refractivity contribution is -0.0419. The highest BCUT2D eigenvalue weighted by Crippen LogP contribution is 2.21. The van der Waals surface area contributed by atoms with Crippen LogP contribution < -0.4 is 0 Å². The van der Waals surface area contributed by atoms with Crippen molar-refractivity contribution in [2.24, 2.45) is 0 Å². The van der Waals surface area contributed by atoms with Crippen LogP contribution in [0.4, 0.5) is 0 Å². The molecule has 0 aromatic rings. The Morgan fingerprint density at radius 3 is 2.05 bits per heavy atom. The lowest BCUT2D eigenvalue weighted by atomic mass is 9.99. The molecule has 0 aromatic heterocycles. The average molecular weight is 289 g/mol. The van der Waals surface area contributed by atoms with Crippen molar-refractivity contribution in [3.63, 3.8) is 0 Å². The zero-order chi connectivity index (χ0) is 14.8. The highest BCUT2D eigenvalue weighted by Gasteiger charge is 2.26. The Hall–Kier alpha value is -0.200. The highest BCUT2D eigenvalue weighted by molar-refractivity contribution is 4.81. The smallest absolute Gasteiger partial charge is 0.0704 e. The number of nitrogens with zero attached hydrogens (tertiary/aromatic N) is 1. The van der Waals surface area contributed by atoms with Gasteiger partial charge in [0.2, 0.25) is 0 Å². The van der Waals surface area contributed by atoms with Gasteiger partial charge in [0.25, 0.3) is 0 Å². The lowest BCUT2D eigenvalue weighted by Gasteiger charge is -2.40. The Morgan fingerprint density at radius 2 is 1.50 bits per heavy atom. The van der Waals surface area contributed by atoms with Gasteiger partial charge >= 0.3 is 0 Å². The molecule has 1 heterocycles. The van der Waals surface area contributed by atoms with E-state index in [2.05, 4.69) is 25.7 Å². The van der Waals surface area contributed by atoms with Crippen LogP contribution in [0.1, 0.15) is 33.6 Å². The molecule has 0 amide bonds. The van der Waals surface area contributed by atoms with Gasteiger partial charge in [0.1, 0.15) is 0 Å². The first kappa shape index (κ1) is 17.9. The van der Waals surface area contributed by atoms with Crippen molar-refractivity contribution in [1.29, 1.82) is 0 Å². The molecule has 1 aliphatic heterocycles. The monoisotopic (exact) mass is 289 g/mol. The number of ether oxygens (including phenoxy) is 3. The maximum absolute atomic E-state index is 8.53. The summed E-state index contributed by atoms with van der Waals surface area (Å²) in [7, 11) is 0. The fourth-order valence-electron chi connectivity index (χ4n) is 2.35. The van der Waals surface area contributed by atoms with E-state index in [9.17, 15) is 0 Å². The summed E-state index contributed by atoms with van der Waals surface area (Å²) in [5.74, 6) is 0. The van der Waals surface area contributed by atoms with E-state index in [0.717, 1.165) is 25.9 Å². The molecule has 0 aliphatic carbocycles. The second-order valence-electron chi connectivity index (χ2n) is 6.18. The molecule has 0 spiro atoms. The largest absolute Gasteiger partial charge is 0.394 e. The minimum absolute atomic E-state index is 0.0658. The van der Waals surface area contributed by atoms with Gasteiger partial charge in [-0.2, -0.15) is 0 Å². The minimum atomic E-state index is 0.0658. The van der Waals surface area contributed by atoms with Gasteiger partial charge in [-0.25, -0.2) is 0 Å². The van der Waals surface area contributed by atoms with Gasteiger partial charge in [0.05, 0.1) is 45.7 Å². The first-order chi connectivity index (χ1) is 9.54. The average Bonchev–Trinajstić information content (AvgIpc) is 2.41. The summed E-state index contributed by atoms with van der Waals surface area (Å²) >= 11 is 0. The van der Waals surface area contributed by atoms with Crippen LogP contribution in [0.2, 0.25) is 0 Å². The first-order valence-electron chi connectivity index (χ1n) is 7.67. The third-order valence-corrected chi connectivity index (χ3v) is 3.58. The molecule has 0 radical (unpaired) electrons. The van der Waals surface area contributed by atoms with E-state index in [1.807, 2.05) is 0 Å². The lowest BCUT2D eigenvalue weighted by Crippen LogP contribution is -2.47. The Labute approximate surface area is 123 Å². The van der Waals surface area contributed by atoms with Gasteiger partial charge in [-0.1, -0.05) is 0 Å². The summed E-state index contributed by atoms with van der Waals surface area (Å²) in [4.78, 5) is 2.52. The van der Waals surface area contributed by atoms with Crippen LogP contribution in [-0.4, -0.2) is 74.4 Å². The Balaban J connectivity index is 1.94. The molecule has 120 valence electrons. The van der Waals surface area contributed by atoms with Gasteiger partial charge < -0.3 is 19.3 Å². The van der Waals surface area contributed by atoms with E-state index in [4.69, 9.17) is 19.3 Å². The molecular formula is C15H31NO4. The molecule has 0 aromatic carbocycles. The second-order valence-corrected chi connectivity index (χ2v) is 6.18. The summed E-state index contributed by atoms with van der Waals surface area (Å²) in [5, 5.41) is 8.53. The molecule has 1 rings (SSSR count). The first-order valence-corrected chi connectivity index (χ1v) is 7.67. The molecule has 1 aliphatic rings. The van der Waals surface area contributed by atoms with Crippen molar-refractivity contribution in [3.8, 4) is 0 Å². The number of rotatable bonds is 9. The van der Waals surface area contributed by atoms with Crippen LogP contribution in [-0.2, 0) is 14.2 Å². The molecule has 0 atom stereocenters. The normalized spacial score (nSPS) is 18.6. The third-order valence-electron chi connectivity index (χ3n) is 3.58. The number of aliphatic hydroxyl groups excluding tert-OH is 1.